The zero-order valence-electron chi connectivity index (χ0n) is 15.7. The van der Waals surface area contributed by atoms with Gasteiger partial charge in [-0.2, -0.15) is 0 Å². The Morgan fingerprint density at radius 1 is 1.29 bits per heavy atom. The minimum atomic E-state index is -3.53. The molecule has 1 amide bonds. The van der Waals surface area contributed by atoms with Crippen LogP contribution in [0.4, 0.5) is 5.82 Å². The molecule has 1 aliphatic rings. The lowest BCUT2D eigenvalue weighted by Gasteiger charge is -2.28. The second-order valence-corrected chi connectivity index (χ2v) is 8.87. The number of hydrogen-bond donors (Lipinski definition) is 2. The van der Waals surface area contributed by atoms with Crippen molar-refractivity contribution in [2.45, 2.75) is 24.5 Å². The molecule has 0 saturated heterocycles. The molecule has 1 aromatic heterocycles. The van der Waals surface area contributed by atoms with Gasteiger partial charge < -0.3 is 11.1 Å². The van der Waals surface area contributed by atoms with Gasteiger partial charge in [-0.1, -0.05) is 49.4 Å². The van der Waals surface area contributed by atoms with E-state index >= 15 is 0 Å². The van der Waals surface area contributed by atoms with Gasteiger partial charge in [-0.05, 0) is 18.1 Å². The van der Waals surface area contributed by atoms with Crippen LogP contribution in [-0.4, -0.2) is 31.3 Å². The molecule has 0 spiro atoms. The van der Waals surface area contributed by atoms with Crippen LogP contribution in [0.25, 0.3) is 0 Å². The standard InChI is InChI=1S/C20H22N4O3S/c1-20(16-12-23-18(21)17(24-16)19(25)22-2)10-6-9-15(11-20)28(26,27)13-14-7-4-3-5-8-14/h3-9,11-12H,10,13H2,1-2H3,(H2,21,23)(H,22,25)/t20-/m1/s1. The lowest BCUT2D eigenvalue weighted by Crippen LogP contribution is -2.28. The van der Waals surface area contributed by atoms with E-state index in [-0.39, 0.29) is 22.2 Å². The summed E-state index contributed by atoms with van der Waals surface area (Å²) < 4.78 is 25.8. The van der Waals surface area contributed by atoms with Crippen molar-refractivity contribution in [2.24, 2.45) is 0 Å². The van der Waals surface area contributed by atoms with Crippen LogP contribution in [0.2, 0.25) is 0 Å². The maximum atomic E-state index is 12.9. The molecule has 0 aliphatic heterocycles. The average molecular weight is 398 g/mol. The molecular weight excluding hydrogens is 376 g/mol. The van der Waals surface area contributed by atoms with Crippen molar-refractivity contribution in [3.05, 3.63) is 76.6 Å². The quantitative estimate of drug-likeness (QED) is 0.797. The van der Waals surface area contributed by atoms with Crippen LogP contribution in [0.1, 0.15) is 35.1 Å². The molecule has 1 heterocycles. The summed E-state index contributed by atoms with van der Waals surface area (Å²) in [6.45, 7) is 1.86. The van der Waals surface area contributed by atoms with Gasteiger partial charge in [-0.25, -0.2) is 18.4 Å². The summed E-state index contributed by atoms with van der Waals surface area (Å²) in [7, 11) is -2.05. The number of hydrogen-bond acceptors (Lipinski definition) is 6. The summed E-state index contributed by atoms with van der Waals surface area (Å²) in [6, 6.07) is 9.03. The summed E-state index contributed by atoms with van der Waals surface area (Å²) in [5, 5.41) is 2.48. The smallest absolute Gasteiger partial charge is 0.273 e. The zero-order valence-corrected chi connectivity index (χ0v) is 16.5. The fourth-order valence-electron chi connectivity index (χ4n) is 3.05. The highest BCUT2D eigenvalue weighted by atomic mass is 32.2. The van der Waals surface area contributed by atoms with Crippen LogP contribution in [0.3, 0.4) is 0 Å². The van der Waals surface area contributed by atoms with E-state index < -0.39 is 21.2 Å². The minimum Gasteiger partial charge on any atom is -0.382 e. The number of rotatable bonds is 5. The fraction of sp³-hybridized carbons (Fsp3) is 0.250. The predicted octanol–water partition coefficient (Wildman–Crippen LogP) is 2.13. The molecule has 2 aromatic rings. The Labute approximate surface area is 164 Å². The van der Waals surface area contributed by atoms with Gasteiger partial charge in [0.05, 0.1) is 22.5 Å². The molecule has 0 unspecified atom stereocenters. The van der Waals surface area contributed by atoms with Crippen molar-refractivity contribution >= 4 is 21.6 Å². The van der Waals surface area contributed by atoms with E-state index in [1.807, 2.05) is 25.1 Å². The second-order valence-electron chi connectivity index (χ2n) is 6.88. The number of allylic oxidation sites excluding steroid dienone is 3. The topological polar surface area (TPSA) is 115 Å². The molecule has 1 aliphatic carbocycles. The van der Waals surface area contributed by atoms with Crippen molar-refractivity contribution in [2.75, 3.05) is 12.8 Å². The molecule has 0 saturated carbocycles. The summed E-state index contributed by atoms with van der Waals surface area (Å²) in [4.78, 5) is 20.6. The lowest BCUT2D eigenvalue weighted by atomic mass is 9.81. The van der Waals surface area contributed by atoms with Gasteiger partial charge in [0.2, 0.25) is 0 Å². The van der Waals surface area contributed by atoms with Crippen LogP contribution < -0.4 is 11.1 Å². The molecule has 146 valence electrons. The van der Waals surface area contributed by atoms with Crippen molar-refractivity contribution in [1.29, 1.82) is 0 Å². The summed E-state index contributed by atoms with van der Waals surface area (Å²) in [5.74, 6) is -0.501. The molecular formula is C20H22N4O3S. The van der Waals surface area contributed by atoms with Gasteiger partial charge >= 0.3 is 0 Å². The molecule has 7 nitrogen and oxygen atoms in total. The summed E-state index contributed by atoms with van der Waals surface area (Å²) in [5.41, 5.74) is 6.27. The van der Waals surface area contributed by atoms with Gasteiger partial charge in [-0.15, -0.1) is 0 Å². The molecule has 8 heteroatoms. The number of aromatic nitrogens is 2. The molecule has 3 N–H and O–H groups in total. The lowest BCUT2D eigenvalue weighted by molar-refractivity contribution is 0.0958. The minimum absolute atomic E-state index is 0.0258. The number of carbonyl (C=O) groups is 1. The van der Waals surface area contributed by atoms with Gasteiger partial charge in [0.15, 0.2) is 21.3 Å². The Morgan fingerprint density at radius 2 is 2.00 bits per heavy atom. The van der Waals surface area contributed by atoms with Crippen molar-refractivity contribution < 1.29 is 13.2 Å². The first-order valence-electron chi connectivity index (χ1n) is 8.76. The summed E-state index contributed by atoms with van der Waals surface area (Å²) in [6.07, 6.45) is 7.11. The van der Waals surface area contributed by atoms with E-state index in [1.165, 1.54) is 13.2 Å². The molecule has 28 heavy (non-hydrogen) atoms. The Kier molecular flexibility index (Phi) is 5.33. The van der Waals surface area contributed by atoms with E-state index in [2.05, 4.69) is 15.3 Å². The van der Waals surface area contributed by atoms with Crippen LogP contribution in [0.15, 0.2) is 59.7 Å². The van der Waals surface area contributed by atoms with Gasteiger partial charge in [-0.3, -0.25) is 4.79 Å². The third-order valence-electron chi connectivity index (χ3n) is 4.67. The van der Waals surface area contributed by atoms with E-state index in [0.717, 1.165) is 5.56 Å². The third-order valence-corrected chi connectivity index (χ3v) is 6.36. The Balaban J connectivity index is 1.98. The highest BCUT2D eigenvalue weighted by Crippen LogP contribution is 2.35. The first kappa shape index (κ1) is 19.8. The first-order chi connectivity index (χ1) is 13.2. The molecule has 1 atom stereocenters. The average Bonchev–Trinajstić information content (AvgIpc) is 2.68. The van der Waals surface area contributed by atoms with Gasteiger partial charge in [0.25, 0.3) is 5.91 Å². The Morgan fingerprint density at radius 3 is 2.68 bits per heavy atom. The predicted molar refractivity (Wildman–Crippen MR) is 108 cm³/mol. The molecule has 0 fully saturated rings. The molecule has 3 rings (SSSR count). The van der Waals surface area contributed by atoms with Crippen LogP contribution >= 0.6 is 0 Å². The Hall–Kier alpha value is -3.00. The highest BCUT2D eigenvalue weighted by Gasteiger charge is 2.32. The van der Waals surface area contributed by atoms with Crippen LogP contribution in [0, 0.1) is 0 Å². The number of carbonyl (C=O) groups excluding carboxylic acids is 1. The maximum Gasteiger partial charge on any atom is 0.273 e. The number of nitrogen functional groups attached to an aromatic ring is 1. The number of nitrogens with zero attached hydrogens (tertiary/aromatic N) is 2. The van der Waals surface area contributed by atoms with Crippen molar-refractivity contribution in [1.82, 2.24) is 15.3 Å². The van der Waals surface area contributed by atoms with E-state index in [1.54, 1.807) is 30.4 Å². The van der Waals surface area contributed by atoms with E-state index in [0.29, 0.717) is 12.1 Å². The van der Waals surface area contributed by atoms with Gasteiger partial charge in [0.1, 0.15) is 0 Å². The largest absolute Gasteiger partial charge is 0.382 e. The van der Waals surface area contributed by atoms with Gasteiger partial charge in [0, 0.05) is 12.5 Å². The molecule has 1 aromatic carbocycles. The summed E-state index contributed by atoms with van der Waals surface area (Å²) >= 11 is 0. The highest BCUT2D eigenvalue weighted by molar-refractivity contribution is 7.94. The van der Waals surface area contributed by atoms with Crippen molar-refractivity contribution in [3.63, 3.8) is 0 Å². The number of benzene rings is 1. The van der Waals surface area contributed by atoms with Crippen LogP contribution in [0.5, 0.6) is 0 Å². The van der Waals surface area contributed by atoms with Crippen molar-refractivity contribution in [3.8, 4) is 0 Å². The number of nitrogens with two attached hydrogens (primary N) is 1. The number of nitrogens with one attached hydrogen (secondary N) is 1. The number of sulfone groups is 1. The molecule has 0 bridgehead atoms. The fourth-order valence-corrected chi connectivity index (χ4v) is 4.59. The van der Waals surface area contributed by atoms with E-state index in [4.69, 9.17) is 5.73 Å². The monoisotopic (exact) mass is 398 g/mol. The SMILES string of the molecule is CNC(=O)c1nc([C@@]2(C)C=C(S(=O)(=O)Cc3ccccc3)C=CC2)cnc1N. The molecule has 0 radical (unpaired) electrons. The maximum absolute atomic E-state index is 12.9. The van der Waals surface area contributed by atoms with E-state index in [9.17, 15) is 13.2 Å². The normalized spacial score (nSPS) is 19.1. The number of amides is 1. The number of anilines is 1. The first-order valence-corrected chi connectivity index (χ1v) is 10.4. The second kappa shape index (κ2) is 7.55. The zero-order chi connectivity index (χ0) is 20.4. The third kappa shape index (κ3) is 3.96. The Bertz CT molecular complexity index is 1060. The van der Waals surface area contributed by atoms with Crippen LogP contribution in [-0.2, 0) is 21.0 Å².